The van der Waals surface area contributed by atoms with Crippen molar-refractivity contribution in [3.63, 3.8) is 0 Å². The summed E-state index contributed by atoms with van der Waals surface area (Å²) in [6.45, 7) is 0. The van der Waals surface area contributed by atoms with E-state index in [0.29, 0.717) is 0 Å². The lowest BCUT2D eigenvalue weighted by Crippen LogP contribution is -2.23. The van der Waals surface area contributed by atoms with Crippen molar-refractivity contribution in [1.29, 1.82) is 0 Å². The molecule has 0 heterocycles. The number of Topliss-reactive ketones (excluding diaryl/α,β-unsaturated/α-hetero) is 1. The molecular weight excluding hydrogens is 344 g/mol. The molecule has 2 aromatic rings. The molecule has 0 saturated heterocycles. The van der Waals surface area contributed by atoms with Crippen LogP contribution in [0.2, 0.25) is 0 Å². The molecule has 26 heavy (non-hydrogen) atoms. The van der Waals surface area contributed by atoms with Crippen molar-refractivity contribution in [2.75, 3.05) is 12.4 Å². The molecule has 0 aliphatic heterocycles. The number of hydrogen-bond donors (Lipinski definition) is 1. The molecule has 0 aliphatic rings. The standard InChI is InChI=1S/C17H14N2O7/c1-26-15-7-4-11(17(22)23)8-13(15)18-16(21)9-14(20)10-2-5-12(6-3-10)19(24)25/h2-8H,9H2,1H3,(H,18,21)(H,22,23)/p-1. The van der Waals surface area contributed by atoms with Crippen molar-refractivity contribution in [2.24, 2.45) is 0 Å². The number of amides is 1. The lowest BCUT2D eigenvalue weighted by molar-refractivity contribution is -0.384. The second-order valence-corrected chi connectivity index (χ2v) is 5.15. The predicted molar refractivity (Wildman–Crippen MR) is 88.0 cm³/mol. The number of ether oxygens (including phenoxy) is 1. The first-order valence-electron chi connectivity index (χ1n) is 7.28. The average molecular weight is 357 g/mol. The highest BCUT2D eigenvalue weighted by molar-refractivity contribution is 6.11. The molecule has 9 nitrogen and oxygen atoms in total. The van der Waals surface area contributed by atoms with Crippen LogP contribution in [0.15, 0.2) is 42.5 Å². The molecule has 0 radical (unpaired) electrons. The van der Waals surface area contributed by atoms with Gasteiger partial charge in [0.2, 0.25) is 5.91 Å². The summed E-state index contributed by atoms with van der Waals surface area (Å²) >= 11 is 0. The fourth-order valence-corrected chi connectivity index (χ4v) is 2.14. The summed E-state index contributed by atoms with van der Waals surface area (Å²) in [7, 11) is 1.34. The van der Waals surface area contributed by atoms with Crippen LogP contribution in [0.4, 0.5) is 11.4 Å². The van der Waals surface area contributed by atoms with E-state index in [1.54, 1.807) is 0 Å². The van der Waals surface area contributed by atoms with Crippen LogP contribution in [-0.4, -0.2) is 29.7 Å². The molecule has 0 spiro atoms. The van der Waals surface area contributed by atoms with Gasteiger partial charge in [-0.15, -0.1) is 0 Å². The van der Waals surface area contributed by atoms with E-state index in [0.717, 1.165) is 18.2 Å². The van der Waals surface area contributed by atoms with Crippen LogP contribution in [0, 0.1) is 10.1 Å². The summed E-state index contributed by atoms with van der Waals surface area (Å²) in [4.78, 5) is 45.1. The number of rotatable bonds is 7. The average Bonchev–Trinajstić information content (AvgIpc) is 2.61. The predicted octanol–water partition coefficient (Wildman–Crippen LogP) is 1.18. The zero-order valence-corrected chi connectivity index (χ0v) is 13.6. The Kier molecular flexibility index (Phi) is 5.63. The molecule has 0 atom stereocenters. The van der Waals surface area contributed by atoms with Crippen LogP contribution in [0.25, 0.3) is 0 Å². The van der Waals surface area contributed by atoms with Crippen LogP contribution in [0.5, 0.6) is 5.75 Å². The first-order valence-corrected chi connectivity index (χ1v) is 7.28. The van der Waals surface area contributed by atoms with Gasteiger partial charge >= 0.3 is 0 Å². The molecule has 9 heteroatoms. The van der Waals surface area contributed by atoms with Crippen molar-refractivity contribution in [2.45, 2.75) is 6.42 Å². The van der Waals surface area contributed by atoms with Gasteiger partial charge < -0.3 is 20.0 Å². The monoisotopic (exact) mass is 357 g/mol. The lowest BCUT2D eigenvalue weighted by Gasteiger charge is -2.12. The molecule has 2 rings (SSSR count). The molecule has 134 valence electrons. The third kappa shape index (κ3) is 4.41. The maximum Gasteiger partial charge on any atom is 0.269 e. The van der Waals surface area contributed by atoms with E-state index in [1.165, 1.54) is 31.4 Å². The molecule has 1 N–H and O–H groups in total. The number of carboxylic acids is 1. The number of ketones is 1. The topological polar surface area (TPSA) is 139 Å². The van der Waals surface area contributed by atoms with Crippen LogP contribution < -0.4 is 15.2 Å². The van der Waals surface area contributed by atoms with Gasteiger partial charge in [0.25, 0.3) is 5.69 Å². The second-order valence-electron chi connectivity index (χ2n) is 5.15. The first kappa shape index (κ1) is 18.6. The highest BCUT2D eigenvalue weighted by Crippen LogP contribution is 2.25. The number of aromatic carboxylic acids is 1. The Morgan fingerprint density at radius 3 is 2.23 bits per heavy atom. The summed E-state index contributed by atoms with van der Waals surface area (Å²) in [5.41, 5.74) is -0.116. The molecule has 0 saturated carbocycles. The van der Waals surface area contributed by atoms with Crippen LogP contribution in [-0.2, 0) is 4.79 Å². The van der Waals surface area contributed by atoms with Gasteiger partial charge in [0, 0.05) is 17.7 Å². The second kappa shape index (κ2) is 7.88. The van der Waals surface area contributed by atoms with Crippen molar-refractivity contribution in [1.82, 2.24) is 0 Å². The number of hydrogen-bond acceptors (Lipinski definition) is 7. The van der Waals surface area contributed by atoms with Crippen molar-refractivity contribution >= 4 is 29.0 Å². The Bertz CT molecular complexity index is 875. The summed E-state index contributed by atoms with van der Waals surface area (Å²) < 4.78 is 5.03. The van der Waals surface area contributed by atoms with Gasteiger partial charge in [-0.05, 0) is 35.9 Å². The number of nitrogens with one attached hydrogen (secondary N) is 1. The Morgan fingerprint density at radius 1 is 1.08 bits per heavy atom. The maximum atomic E-state index is 12.1. The summed E-state index contributed by atoms with van der Waals surface area (Å²) in [5, 5.41) is 23.9. The third-order valence-electron chi connectivity index (χ3n) is 3.43. The number of methoxy groups -OCH3 is 1. The van der Waals surface area contributed by atoms with Gasteiger partial charge in [-0.2, -0.15) is 0 Å². The Morgan fingerprint density at radius 2 is 1.69 bits per heavy atom. The van der Waals surface area contributed by atoms with Crippen LogP contribution in [0.1, 0.15) is 27.1 Å². The quantitative estimate of drug-likeness (QED) is 0.340. The number of carboxylic acid groups (broad SMARTS) is 1. The smallest absolute Gasteiger partial charge is 0.269 e. The number of nitrogens with zero attached hydrogens (tertiary/aromatic N) is 1. The molecule has 0 bridgehead atoms. The minimum Gasteiger partial charge on any atom is -0.545 e. The number of nitro benzene ring substituents is 1. The highest BCUT2D eigenvalue weighted by Gasteiger charge is 2.15. The van der Waals surface area contributed by atoms with E-state index >= 15 is 0 Å². The van der Waals surface area contributed by atoms with E-state index in [1.807, 2.05) is 0 Å². The molecule has 0 unspecified atom stereocenters. The molecule has 1 amide bonds. The number of carbonyl (C=O) groups is 3. The third-order valence-corrected chi connectivity index (χ3v) is 3.43. The Labute approximate surface area is 147 Å². The van der Waals surface area contributed by atoms with Crippen molar-refractivity contribution < 1.29 is 29.2 Å². The van der Waals surface area contributed by atoms with Gasteiger partial charge in [0.05, 0.1) is 30.1 Å². The fraction of sp³-hybridized carbons (Fsp3) is 0.118. The number of benzene rings is 2. The largest absolute Gasteiger partial charge is 0.545 e. The van der Waals surface area contributed by atoms with Gasteiger partial charge in [0.15, 0.2) is 5.78 Å². The zero-order valence-electron chi connectivity index (χ0n) is 13.6. The van der Waals surface area contributed by atoms with E-state index in [4.69, 9.17) is 4.74 Å². The zero-order chi connectivity index (χ0) is 19.3. The molecule has 2 aromatic carbocycles. The van der Waals surface area contributed by atoms with Gasteiger partial charge in [0.1, 0.15) is 5.75 Å². The van der Waals surface area contributed by atoms with Crippen molar-refractivity contribution in [3.05, 3.63) is 63.7 Å². The van der Waals surface area contributed by atoms with Gasteiger partial charge in [-0.3, -0.25) is 19.7 Å². The molecule has 0 fully saturated rings. The van der Waals surface area contributed by atoms with E-state index < -0.39 is 29.0 Å². The van der Waals surface area contributed by atoms with E-state index in [-0.39, 0.29) is 28.3 Å². The van der Waals surface area contributed by atoms with Crippen LogP contribution in [0.3, 0.4) is 0 Å². The number of nitro groups is 1. The number of non-ortho nitro benzene ring substituents is 1. The van der Waals surface area contributed by atoms with E-state index in [9.17, 15) is 29.6 Å². The Hall–Kier alpha value is -3.75. The molecular formula is C17H13N2O7-. The van der Waals surface area contributed by atoms with Crippen LogP contribution >= 0.6 is 0 Å². The maximum absolute atomic E-state index is 12.1. The first-order chi connectivity index (χ1) is 12.3. The minimum absolute atomic E-state index is 0.0794. The summed E-state index contributed by atoms with van der Waals surface area (Å²) in [5.74, 6) is -2.45. The summed E-state index contributed by atoms with van der Waals surface area (Å²) in [6, 6.07) is 8.60. The Balaban J connectivity index is 2.10. The number of carbonyl (C=O) groups excluding carboxylic acids is 3. The van der Waals surface area contributed by atoms with Gasteiger partial charge in [-0.25, -0.2) is 0 Å². The molecule has 0 aromatic heterocycles. The fourth-order valence-electron chi connectivity index (χ4n) is 2.14. The van der Waals surface area contributed by atoms with Crippen molar-refractivity contribution in [3.8, 4) is 5.75 Å². The molecule has 0 aliphatic carbocycles. The highest BCUT2D eigenvalue weighted by atomic mass is 16.6. The van der Waals surface area contributed by atoms with E-state index in [2.05, 4.69) is 5.32 Å². The SMILES string of the molecule is COc1ccc(C(=O)[O-])cc1NC(=O)CC(=O)c1ccc([N+](=O)[O-])cc1. The van der Waals surface area contributed by atoms with Gasteiger partial charge in [-0.1, -0.05) is 0 Å². The number of anilines is 1. The summed E-state index contributed by atoms with van der Waals surface area (Å²) in [6.07, 6.45) is -0.531. The lowest BCUT2D eigenvalue weighted by atomic mass is 10.1. The minimum atomic E-state index is -1.43. The normalized spacial score (nSPS) is 10.0.